The van der Waals surface area contributed by atoms with Crippen LogP contribution in [0.3, 0.4) is 0 Å². The van der Waals surface area contributed by atoms with E-state index in [0.717, 1.165) is 55.4 Å². The fourth-order valence-corrected chi connectivity index (χ4v) is 5.37. The van der Waals surface area contributed by atoms with Gasteiger partial charge in [0.1, 0.15) is 0 Å². The van der Waals surface area contributed by atoms with Gasteiger partial charge in [-0.2, -0.15) is 0 Å². The molecule has 222 valence electrons. The standard InChI is InChI=1S/C31H37N5O6/c1-21-26(19-35-14-16-36(17-15-35)31-32-12-3-13-33-31)41-30(42-29(21)23-8-6-22(20-37)7-9-23)24-4-2-5-25(18-24)34-27(38)10-11-28(39)40/h2-9,12-13,18,21,26,29-30,37H,10-11,14-17,19-20H2,1H3,(H,34,38)(H,39,40). The number of carboxylic acid groups (broad SMARTS) is 1. The number of aliphatic hydroxyl groups is 1. The van der Waals surface area contributed by atoms with E-state index in [1.165, 1.54) is 0 Å². The van der Waals surface area contributed by atoms with Crippen LogP contribution in [-0.2, 0) is 25.7 Å². The largest absolute Gasteiger partial charge is 0.481 e. The molecular weight excluding hydrogens is 538 g/mol. The van der Waals surface area contributed by atoms with Crippen LogP contribution in [-0.4, -0.2) is 75.8 Å². The molecule has 2 fully saturated rings. The van der Waals surface area contributed by atoms with Crippen LogP contribution in [0.4, 0.5) is 11.6 Å². The summed E-state index contributed by atoms with van der Waals surface area (Å²) in [6, 6.07) is 16.9. The fraction of sp³-hybridized carbons (Fsp3) is 0.419. The Balaban J connectivity index is 1.31. The van der Waals surface area contributed by atoms with Crippen LogP contribution in [0, 0.1) is 5.92 Å². The molecule has 2 saturated heterocycles. The van der Waals surface area contributed by atoms with Crippen LogP contribution in [0.5, 0.6) is 0 Å². The number of ether oxygens (including phenoxy) is 2. The topological polar surface area (TPSA) is 137 Å². The molecule has 2 aromatic carbocycles. The lowest BCUT2D eigenvalue weighted by Gasteiger charge is -2.44. The number of carboxylic acids is 1. The molecule has 5 rings (SSSR count). The number of hydrogen-bond donors (Lipinski definition) is 3. The Hall–Kier alpha value is -3.90. The van der Waals surface area contributed by atoms with E-state index in [4.69, 9.17) is 14.6 Å². The van der Waals surface area contributed by atoms with Gasteiger partial charge in [-0.15, -0.1) is 0 Å². The number of rotatable bonds is 10. The first-order valence-corrected chi connectivity index (χ1v) is 14.3. The predicted molar refractivity (Wildman–Crippen MR) is 156 cm³/mol. The molecule has 0 saturated carbocycles. The molecule has 42 heavy (non-hydrogen) atoms. The molecule has 0 aliphatic carbocycles. The number of anilines is 2. The monoisotopic (exact) mass is 575 g/mol. The number of aliphatic carboxylic acids is 1. The Morgan fingerprint density at radius 3 is 2.38 bits per heavy atom. The SMILES string of the molecule is CC1C(CN2CCN(c3ncccn3)CC2)OC(c2cccc(NC(=O)CCC(=O)O)c2)OC1c1ccc(CO)cc1. The molecule has 2 aliphatic heterocycles. The average molecular weight is 576 g/mol. The van der Waals surface area contributed by atoms with Crippen LogP contribution >= 0.6 is 0 Å². The summed E-state index contributed by atoms with van der Waals surface area (Å²) in [5, 5.41) is 21.2. The third-order valence-corrected chi connectivity index (χ3v) is 7.78. The highest BCUT2D eigenvalue weighted by atomic mass is 16.7. The first-order chi connectivity index (χ1) is 20.4. The number of aliphatic hydroxyl groups excluding tert-OH is 1. The van der Waals surface area contributed by atoms with Gasteiger partial charge in [0.05, 0.1) is 25.2 Å². The Morgan fingerprint density at radius 1 is 0.952 bits per heavy atom. The zero-order chi connectivity index (χ0) is 29.5. The Kier molecular flexibility index (Phi) is 9.75. The summed E-state index contributed by atoms with van der Waals surface area (Å²) in [5.41, 5.74) is 3.14. The Labute approximate surface area is 245 Å². The van der Waals surface area contributed by atoms with E-state index >= 15 is 0 Å². The van der Waals surface area contributed by atoms with E-state index in [2.05, 4.69) is 32.0 Å². The van der Waals surface area contributed by atoms with E-state index in [1.807, 2.05) is 42.5 Å². The highest BCUT2D eigenvalue weighted by Crippen LogP contribution is 2.42. The minimum Gasteiger partial charge on any atom is -0.481 e. The summed E-state index contributed by atoms with van der Waals surface area (Å²) in [5.74, 6) is -0.603. The molecule has 3 aromatic rings. The maximum absolute atomic E-state index is 12.3. The third-order valence-electron chi connectivity index (χ3n) is 7.78. The van der Waals surface area contributed by atoms with Crippen molar-refractivity contribution < 1.29 is 29.3 Å². The van der Waals surface area contributed by atoms with Crippen molar-refractivity contribution in [2.75, 3.05) is 42.9 Å². The first-order valence-electron chi connectivity index (χ1n) is 14.3. The second-order valence-electron chi connectivity index (χ2n) is 10.7. The summed E-state index contributed by atoms with van der Waals surface area (Å²) < 4.78 is 13.2. The van der Waals surface area contributed by atoms with Crippen molar-refractivity contribution in [2.45, 2.75) is 44.9 Å². The Bertz CT molecular complexity index is 1330. The second kappa shape index (κ2) is 13.8. The van der Waals surface area contributed by atoms with Gasteiger partial charge in [0.15, 0.2) is 6.29 Å². The zero-order valence-electron chi connectivity index (χ0n) is 23.6. The molecule has 1 aromatic heterocycles. The maximum atomic E-state index is 12.3. The molecule has 1 amide bonds. The molecule has 0 spiro atoms. The molecule has 4 unspecified atom stereocenters. The van der Waals surface area contributed by atoms with Gasteiger partial charge in [0.2, 0.25) is 11.9 Å². The van der Waals surface area contributed by atoms with Crippen molar-refractivity contribution in [3.8, 4) is 0 Å². The van der Waals surface area contributed by atoms with Crippen LogP contribution in [0.2, 0.25) is 0 Å². The lowest BCUT2D eigenvalue weighted by atomic mass is 9.90. The van der Waals surface area contributed by atoms with E-state index in [0.29, 0.717) is 5.69 Å². The molecule has 2 aliphatic rings. The van der Waals surface area contributed by atoms with Crippen molar-refractivity contribution >= 4 is 23.5 Å². The second-order valence-corrected chi connectivity index (χ2v) is 10.7. The van der Waals surface area contributed by atoms with Gasteiger partial charge in [-0.3, -0.25) is 14.5 Å². The van der Waals surface area contributed by atoms with Crippen LogP contribution < -0.4 is 10.2 Å². The number of carbonyl (C=O) groups excluding carboxylic acids is 1. The number of piperazine rings is 1. The van der Waals surface area contributed by atoms with Gasteiger partial charge in [-0.25, -0.2) is 9.97 Å². The third kappa shape index (κ3) is 7.48. The normalized spacial score (nSPS) is 23.0. The molecule has 11 heteroatoms. The number of nitrogens with one attached hydrogen (secondary N) is 1. The molecule has 3 heterocycles. The molecule has 11 nitrogen and oxygen atoms in total. The molecule has 0 radical (unpaired) electrons. The van der Waals surface area contributed by atoms with E-state index in [-0.39, 0.29) is 43.5 Å². The van der Waals surface area contributed by atoms with Crippen molar-refractivity contribution in [3.05, 3.63) is 83.7 Å². The zero-order valence-corrected chi connectivity index (χ0v) is 23.6. The summed E-state index contributed by atoms with van der Waals surface area (Å²) in [4.78, 5) is 36.5. The van der Waals surface area contributed by atoms with Crippen LogP contribution in [0.15, 0.2) is 67.0 Å². The number of aromatic nitrogens is 2. The molecular formula is C31H37N5O6. The highest BCUT2D eigenvalue weighted by molar-refractivity contribution is 5.92. The number of carbonyl (C=O) groups is 2. The number of nitrogens with zero attached hydrogens (tertiary/aromatic N) is 4. The van der Waals surface area contributed by atoms with Crippen molar-refractivity contribution in [2.24, 2.45) is 5.92 Å². The van der Waals surface area contributed by atoms with Gasteiger partial charge < -0.3 is 29.9 Å². The Morgan fingerprint density at radius 2 is 1.69 bits per heavy atom. The summed E-state index contributed by atoms with van der Waals surface area (Å²) in [6.07, 6.45) is 2.11. The molecule has 0 bridgehead atoms. The number of hydrogen-bond acceptors (Lipinski definition) is 9. The first kappa shape index (κ1) is 29.6. The molecule has 4 atom stereocenters. The van der Waals surface area contributed by atoms with Gasteiger partial charge in [0, 0.05) is 68.7 Å². The minimum absolute atomic E-state index is 0.0271. The lowest BCUT2D eigenvalue weighted by molar-refractivity contribution is -0.276. The summed E-state index contributed by atoms with van der Waals surface area (Å²) in [7, 11) is 0. The summed E-state index contributed by atoms with van der Waals surface area (Å²) >= 11 is 0. The number of amides is 1. The lowest BCUT2D eigenvalue weighted by Crippen LogP contribution is -2.51. The van der Waals surface area contributed by atoms with Crippen molar-refractivity contribution in [1.82, 2.24) is 14.9 Å². The highest BCUT2D eigenvalue weighted by Gasteiger charge is 2.39. The van der Waals surface area contributed by atoms with Crippen molar-refractivity contribution in [1.29, 1.82) is 0 Å². The quantitative estimate of drug-likeness (QED) is 0.330. The predicted octanol–water partition coefficient (Wildman–Crippen LogP) is 3.39. The van der Waals surface area contributed by atoms with Gasteiger partial charge in [-0.1, -0.05) is 43.3 Å². The van der Waals surface area contributed by atoms with E-state index in [1.54, 1.807) is 24.5 Å². The van der Waals surface area contributed by atoms with E-state index < -0.39 is 12.3 Å². The maximum Gasteiger partial charge on any atom is 0.303 e. The fourth-order valence-electron chi connectivity index (χ4n) is 5.37. The van der Waals surface area contributed by atoms with Crippen molar-refractivity contribution in [3.63, 3.8) is 0 Å². The van der Waals surface area contributed by atoms with Gasteiger partial charge in [-0.05, 0) is 29.3 Å². The van der Waals surface area contributed by atoms with Crippen LogP contribution in [0.1, 0.15) is 48.8 Å². The summed E-state index contributed by atoms with van der Waals surface area (Å²) in [6.45, 7) is 6.18. The molecule has 3 N–H and O–H groups in total. The minimum atomic E-state index is -1.02. The average Bonchev–Trinajstić information content (AvgIpc) is 3.02. The van der Waals surface area contributed by atoms with Gasteiger partial charge >= 0.3 is 5.97 Å². The smallest absolute Gasteiger partial charge is 0.303 e. The number of benzene rings is 2. The van der Waals surface area contributed by atoms with Crippen LogP contribution in [0.25, 0.3) is 0 Å². The van der Waals surface area contributed by atoms with E-state index in [9.17, 15) is 14.7 Å². The van der Waals surface area contributed by atoms with Gasteiger partial charge in [0.25, 0.3) is 0 Å².